The predicted molar refractivity (Wildman–Crippen MR) is 75.0 cm³/mol. The van der Waals surface area contributed by atoms with Crippen molar-refractivity contribution in [1.29, 1.82) is 0 Å². The summed E-state index contributed by atoms with van der Waals surface area (Å²) in [5, 5.41) is 0. The summed E-state index contributed by atoms with van der Waals surface area (Å²) in [6.45, 7) is 8.07. The lowest BCUT2D eigenvalue weighted by molar-refractivity contribution is 0.194. The summed E-state index contributed by atoms with van der Waals surface area (Å²) in [7, 11) is 0. The van der Waals surface area contributed by atoms with Crippen molar-refractivity contribution in [3.05, 3.63) is 24.0 Å². The molecule has 98 valence electrons. The molecule has 3 nitrogen and oxygen atoms in total. The van der Waals surface area contributed by atoms with Gasteiger partial charge in [-0.25, -0.2) is 0 Å². The van der Waals surface area contributed by atoms with E-state index in [2.05, 4.69) is 40.8 Å². The Bertz CT molecular complexity index is 401. The number of nitrogens with zero attached hydrogens (tertiary/aromatic N) is 3. The van der Waals surface area contributed by atoms with Gasteiger partial charge >= 0.3 is 0 Å². The highest BCUT2D eigenvalue weighted by Crippen LogP contribution is 2.29. The maximum atomic E-state index is 4.45. The van der Waals surface area contributed by atoms with Gasteiger partial charge in [-0.1, -0.05) is 6.92 Å². The Balaban J connectivity index is 1.82. The molecule has 2 aliphatic rings. The van der Waals surface area contributed by atoms with E-state index in [9.17, 15) is 0 Å². The maximum Gasteiger partial charge on any atom is 0.0556 e. The van der Waals surface area contributed by atoms with Crippen LogP contribution in [0.15, 0.2) is 18.3 Å². The van der Waals surface area contributed by atoms with Gasteiger partial charge in [0, 0.05) is 30.9 Å². The Labute approximate surface area is 110 Å². The molecule has 3 rings (SSSR count). The van der Waals surface area contributed by atoms with Crippen molar-refractivity contribution in [3.8, 4) is 0 Å². The van der Waals surface area contributed by atoms with Crippen LogP contribution in [0.3, 0.4) is 0 Å². The topological polar surface area (TPSA) is 19.4 Å². The predicted octanol–water partition coefficient (Wildman–Crippen LogP) is 2.45. The van der Waals surface area contributed by atoms with Gasteiger partial charge in [0.1, 0.15) is 0 Å². The third-order valence-corrected chi connectivity index (χ3v) is 4.49. The monoisotopic (exact) mass is 245 g/mol. The normalized spacial score (nSPS) is 28.4. The maximum absolute atomic E-state index is 4.45. The lowest BCUT2D eigenvalue weighted by atomic mass is 10.0. The molecule has 0 N–H and O–H groups in total. The van der Waals surface area contributed by atoms with E-state index < -0.39 is 0 Å². The third kappa shape index (κ3) is 2.12. The molecule has 2 saturated heterocycles. The van der Waals surface area contributed by atoms with E-state index in [4.69, 9.17) is 0 Å². The number of pyridine rings is 1. The van der Waals surface area contributed by atoms with E-state index >= 15 is 0 Å². The van der Waals surface area contributed by atoms with Crippen LogP contribution in [0.1, 0.15) is 31.9 Å². The van der Waals surface area contributed by atoms with Gasteiger partial charge in [0.15, 0.2) is 0 Å². The Morgan fingerprint density at radius 3 is 2.94 bits per heavy atom. The van der Waals surface area contributed by atoms with E-state index in [0.29, 0.717) is 6.04 Å². The Kier molecular flexibility index (Phi) is 3.25. The van der Waals surface area contributed by atoms with Gasteiger partial charge in [-0.15, -0.1) is 0 Å². The van der Waals surface area contributed by atoms with E-state index in [-0.39, 0.29) is 0 Å². The van der Waals surface area contributed by atoms with Gasteiger partial charge in [0.2, 0.25) is 0 Å². The molecule has 3 heteroatoms. The van der Waals surface area contributed by atoms with Crippen molar-refractivity contribution in [2.75, 3.05) is 24.5 Å². The van der Waals surface area contributed by atoms with Crippen molar-refractivity contribution in [2.24, 2.45) is 0 Å². The summed E-state index contributed by atoms with van der Waals surface area (Å²) < 4.78 is 0. The fourth-order valence-corrected chi connectivity index (χ4v) is 3.38. The van der Waals surface area contributed by atoms with E-state index in [1.165, 1.54) is 44.6 Å². The zero-order valence-electron chi connectivity index (χ0n) is 11.5. The van der Waals surface area contributed by atoms with Gasteiger partial charge in [-0.2, -0.15) is 0 Å². The number of piperazine rings is 1. The number of anilines is 1. The summed E-state index contributed by atoms with van der Waals surface area (Å²) in [6, 6.07) is 5.79. The molecule has 2 aliphatic heterocycles. The van der Waals surface area contributed by atoms with Gasteiger partial charge < -0.3 is 4.90 Å². The summed E-state index contributed by atoms with van der Waals surface area (Å²) in [6.07, 6.45) is 6.01. The highest BCUT2D eigenvalue weighted by Gasteiger charge is 2.35. The summed E-state index contributed by atoms with van der Waals surface area (Å²) in [5.74, 6) is 0. The van der Waals surface area contributed by atoms with Gasteiger partial charge in [0.25, 0.3) is 0 Å². The van der Waals surface area contributed by atoms with Crippen LogP contribution in [-0.4, -0.2) is 41.6 Å². The second-order valence-corrected chi connectivity index (χ2v) is 5.66. The number of rotatable bonds is 2. The molecule has 1 aromatic rings. The Morgan fingerprint density at radius 1 is 1.33 bits per heavy atom. The minimum Gasteiger partial charge on any atom is -0.364 e. The number of aromatic nitrogens is 1. The first-order valence-electron chi connectivity index (χ1n) is 7.21. The molecule has 18 heavy (non-hydrogen) atoms. The van der Waals surface area contributed by atoms with Gasteiger partial charge in [0.05, 0.1) is 11.9 Å². The fourth-order valence-electron chi connectivity index (χ4n) is 3.38. The van der Waals surface area contributed by atoms with Crippen molar-refractivity contribution in [2.45, 2.75) is 45.2 Å². The molecule has 0 spiro atoms. The number of hydrogen-bond donors (Lipinski definition) is 0. The molecular weight excluding hydrogens is 222 g/mol. The molecule has 2 atom stereocenters. The van der Waals surface area contributed by atoms with Crippen molar-refractivity contribution in [3.63, 3.8) is 0 Å². The zero-order valence-corrected chi connectivity index (χ0v) is 11.5. The van der Waals surface area contributed by atoms with Crippen LogP contribution >= 0.6 is 0 Å². The van der Waals surface area contributed by atoms with Crippen LogP contribution in [0.5, 0.6) is 0 Å². The van der Waals surface area contributed by atoms with Crippen LogP contribution in [0, 0.1) is 6.92 Å². The first kappa shape index (κ1) is 12.0. The van der Waals surface area contributed by atoms with Gasteiger partial charge in [-0.05, 0) is 44.9 Å². The lowest BCUT2D eigenvalue weighted by Gasteiger charge is -2.44. The van der Waals surface area contributed by atoms with Crippen LogP contribution in [-0.2, 0) is 0 Å². The van der Waals surface area contributed by atoms with Crippen LogP contribution in [0.25, 0.3) is 0 Å². The zero-order chi connectivity index (χ0) is 12.5. The molecule has 0 amide bonds. The number of fused-ring (bicyclic) bond motifs is 1. The highest BCUT2D eigenvalue weighted by molar-refractivity contribution is 5.46. The summed E-state index contributed by atoms with van der Waals surface area (Å²) in [4.78, 5) is 9.72. The lowest BCUT2D eigenvalue weighted by Crippen LogP contribution is -2.56. The Hall–Kier alpha value is -1.09. The van der Waals surface area contributed by atoms with E-state index in [0.717, 1.165) is 11.7 Å². The van der Waals surface area contributed by atoms with Crippen molar-refractivity contribution in [1.82, 2.24) is 9.88 Å². The van der Waals surface area contributed by atoms with Crippen LogP contribution in [0.4, 0.5) is 5.69 Å². The number of hydrogen-bond acceptors (Lipinski definition) is 3. The molecular formula is C15H23N3. The fraction of sp³-hybridized carbons (Fsp3) is 0.667. The van der Waals surface area contributed by atoms with Crippen LogP contribution in [0.2, 0.25) is 0 Å². The molecule has 1 aromatic heterocycles. The molecule has 3 heterocycles. The smallest absolute Gasteiger partial charge is 0.0556 e. The SMILES string of the molecule is CCC1CN2CCCC2CN1c1ccc(C)nc1. The molecule has 2 unspecified atom stereocenters. The standard InChI is InChI=1S/C15H23N3/c1-3-13-10-17-8-4-5-15(17)11-18(13)14-7-6-12(2)16-9-14/h6-7,9,13,15H,3-5,8,10-11H2,1-2H3. The highest BCUT2D eigenvalue weighted by atomic mass is 15.3. The largest absolute Gasteiger partial charge is 0.364 e. The average Bonchev–Trinajstić information content (AvgIpc) is 2.85. The van der Waals surface area contributed by atoms with Crippen LogP contribution < -0.4 is 4.90 Å². The third-order valence-electron chi connectivity index (χ3n) is 4.49. The summed E-state index contributed by atoms with van der Waals surface area (Å²) >= 11 is 0. The Morgan fingerprint density at radius 2 is 2.22 bits per heavy atom. The number of aryl methyl sites for hydroxylation is 1. The second-order valence-electron chi connectivity index (χ2n) is 5.66. The molecule has 0 aromatic carbocycles. The minimum absolute atomic E-state index is 0.656. The first-order chi connectivity index (χ1) is 8.78. The minimum atomic E-state index is 0.656. The molecule has 2 fully saturated rings. The van der Waals surface area contributed by atoms with Crippen molar-refractivity contribution < 1.29 is 0 Å². The van der Waals surface area contributed by atoms with E-state index in [1.54, 1.807) is 0 Å². The van der Waals surface area contributed by atoms with Gasteiger partial charge in [-0.3, -0.25) is 9.88 Å². The second kappa shape index (κ2) is 4.88. The summed E-state index contributed by atoms with van der Waals surface area (Å²) in [5.41, 5.74) is 2.41. The molecule has 0 radical (unpaired) electrons. The molecule has 0 bridgehead atoms. The average molecular weight is 245 g/mol. The quantitative estimate of drug-likeness (QED) is 0.798. The first-order valence-corrected chi connectivity index (χ1v) is 7.21. The molecule has 0 aliphatic carbocycles. The van der Waals surface area contributed by atoms with Crippen molar-refractivity contribution >= 4 is 5.69 Å². The van der Waals surface area contributed by atoms with E-state index in [1.807, 2.05) is 6.20 Å². The molecule has 0 saturated carbocycles.